The highest BCUT2D eigenvalue weighted by molar-refractivity contribution is 7.12. The van der Waals surface area contributed by atoms with Gasteiger partial charge in [-0.2, -0.15) is 0 Å². The summed E-state index contributed by atoms with van der Waals surface area (Å²) in [6.07, 6.45) is 0. The summed E-state index contributed by atoms with van der Waals surface area (Å²) in [6, 6.07) is 15.5. The summed E-state index contributed by atoms with van der Waals surface area (Å²) in [4.78, 5) is 24.6. The van der Waals surface area contributed by atoms with Crippen molar-refractivity contribution < 1.29 is 23.5 Å². The van der Waals surface area contributed by atoms with Crippen LogP contribution in [0.15, 0.2) is 66.0 Å². The van der Waals surface area contributed by atoms with Crippen LogP contribution < -0.4 is 10.1 Å². The number of ether oxygens (including phenoxy) is 2. The van der Waals surface area contributed by atoms with Crippen LogP contribution in [0, 0.1) is 5.82 Å². The maximum Gasteiger partial charge on any atom is 0.338 e. The number of carbonyl (C=O) groups is 2. The first-order valence-electron chi connectivity index (χ1n) is 8.12. The number of hydrogen-bond donors (Lipinski definition) is 1. The maximum atomic E-state index is 12.8. The summed E-state index contributed by atoms with van der Waals surface area (Å²) < 4.78 is 23.3. The molecule has 0 aliphatic rings. The van der Waals surface area contributed by atoms with Gasteiger partial charge in [0.25, 0.3) is 5.91 Å². The van der Waals surface area contributed by atoms with Gasteiger partial charge in [-0.05, 0) is 60.0 Å². The van der Waals surface area contributed by atoms with E-state index >= 15 is 0 Å². The molecule has 1 aromatic heterocycles. The van der Waals surface area contributed by atoms with Gasteiger partial charge in [0.2, 0.25) is 0 Å². The van der Waals surface area contributed by atoms with Crippen molar-refractivity contribution in [2.75, 3.05) is 18.5 Å². The molecule has 138 valence electrons. The highest BCUT2D eigenvalue weighted by Crippen LogP contribution is 2.15. The first kappa shape index (κ1) is 18.6. The highest BCUT2D eigenvalue weighted by Gasteiger charge is 2.09. The number of hydrogen-bond acceptors (Lipinski definition) is 5. The molecule has 0 fully saturated rings. The smallest absolute Gasteiger partial charge is 0.338 e. The van der Waals surface area contributed by atoms with Crippen LogP contribution in [-0.2, 0) is 4.74 Å². The third-order valence-electron chi connectivity index (χ3n) is 3.52. The fourth-order valence-corrected chi connectivity index (χ4v) is 2.82. The van der Waals surface area contributed by atoms with E-state index in [0.717, 1.165) is 0 Å². The van der Waals surface area contributed by atoms with E-state index in [-0.39, 0.29) is 24.9 Å². The molecule has 7 heteroatoms. The second-order valence-corrected chi connectivity index (χ2v) is 6.39. The highest BCUT2D eigenvalue weighted by atomic mass is 32.1. The molecule has 0 spiro atoms. The Kier molecular flexibility index (Phi) is 6.17. The molecule has 0 aliphatic carbocycles. The molecule has 3 rings (SSSR count). The minimum atomic E-state index is -0.492. The number of carbonyl (C=O) groups excluding carboxylic acids is 2. The molecule has 0 unspecified atom stereocenters. The van der Waals surface area contributed by atoms with E-state index in [1.54, 1.807) is 36.4 Å². The summed E-state index contributed by atoms with van der Waals surface area (Å²) in [6.45, 7) is 0.222. The van der Waals surface area contributed by atoms with Crippen molar-refractivity contribution in [3.05, 3.63) is 82.3 Å². The van der Waals surface area contributed by atoms with Gasteiger partial charge in [-0.1, -0.05) is 6.07 Å². The lowest BCUT2D eigenvalue weighted by Crippen LogP contribution is -2.13. The van der Waals surface area contributed by atoms with Crippen molar-refractivity contribution >= 4 is 28.9 Å². The lowest BCUT2D eigenvalue weighted by molar-refractivity contribution is 0.0450. The Morgan fingerprint density at radius 2 is 1.70 bits per heavy atom. The van der Waals surface area contributed by atoms with Gasteiger partial charge in [0.05, 0.1) is 10.4 Å². The average Bonchev–Trinajstić information content (AvgIpc) is 3.22. The lowest BCUT2D eigenvalue weighted by Gasteiger charge is -2.08. The van der Waals surface area contributed by atoms with Crippen molar-refractivity contribution in [3.8, 4) is 5.75 Å². The largest absolute Gasteiger partial charge is 0.490 e. The molecule has 1 heterocycles. The molecule has 2 aromatic carbocycles. The summed E-state index contributed by atoms with van der Waals surface area (Å²) in [5, 5.41) is 4.58. The monoisotopic (exact) mass is 385 g/mol. The second-order valence-electron chi connectivity index (χ2n) is 5.45. The number of rotatable bonds is 7. The van der Waals surface area contributed by atoms with Crippen LogP contribution in [0.5, 0.6) is 5.75 Å². The molecular weight excluding hydrogens is 369 g/mol. The van der Waals surface area contributed by atoms with Crippen molar-refractivity contribution in [1.82, 2.24) is 0 Å². The maximum absolute atomic E-state index is 12.8. The van der Waals surface area contributed by atoms with Crippen LogP contribution in [0.25, 0.3) is 0 Å². The van der Waals surface area contributed by atoms with Gasteiger partial charge in [-0.25, -0.2) is 9.18 Å². The van der Waals surface area contributed by atoms with Gasteiger partial charge in [0.15, 0.2) is 0 Å². The molecule has 27 heavy (non-hydrogen) atoms. The SMILES string of the molecule is O=C(OCCOc1ccc(F)cc1)c1ccc(NC(=O)c2cccs2)cc1. The summed E-state index contributed by atoms with van der Waals surface area (Å²) >= 11 is 1.35. The van der Waals surface area contributed by atoms with E-state index in [4.69, 9.17) is 9.47 Å². The predicted octanol–water partition coefficient (Wildman–Crippen LogP) is 4.38. The molecule has 1 N–H and O–H groups in total. The minimum Gasteiger partial charge on any atom is -0.490 e. The predicted molar refractivity (Wildman–Crippen MR) is 101 cm³/mol. The number of thiophene rings is 1. The Bertz CT molecular complexity index is 893. The molecule has 0 radical (unpaired) electrons. The van der Waals surface area contributed by atoms with Crippen LogP contribution in [-0.4, -0.2) is 25.1 Å². The number of benzene rings is 2. The third-order valence-corrected chi connectivity index (χ3v) is 4.39. The average molecular weight is 385 g/mol. The van der Waals surface area contributed by atoms with Gasteiger partial charge < -0.3 is 14.8 Å². The Labute approximate surface area is 159 Å². The van der Waals surface area contributed by atoms with Crippen LogP contribution in [0.3, 0.4) is 0 Å². The fourth-order valence-electron chi connectivity index (χ4n) is 2.20. The van der Waals surface area contributed by atoms with Crippen molar-refractivity contribution in [2.45, 2.75) is 0 Å². The van der Waals surface area contributed by atoms with Gasteiger partial charge in [0.1, 0.15) is 24.8 Å². The zero-order chi connectivity index (χ0) is 19.1. The van der Waals surface area contributed by atoms with E-state index < -0.39 is 5.97 Å². The van der Waals surface area contributed by atoms with Crippen molar-refractivity contribution in [1.29, 1.82) is 0 Å². The quantitative estimate of drug-likeness (QED) is 0.484. The van der Waals surface area contributed by atoms with Crippen LogP contribution >= 0.6 is 11.3 Å². The normalized spacial score (nSPS) is 10.3. The lowest BCUT2D eigenvalue weighted by atomic mass is 10.2. The van der Waals surface area contributed by atoms with E-state index in [9.17, 15) is 14.0 Å². The summed E-state index contributed by atoms with van der Waals surface area (Å²) in [5.74, 6) is -0.533. The summed E-state index contributed by atoms with van der Waals surface area (Å²) in [5.41, 5.74) is 0.954. The van der Waals surface area contributed by atoms with Crippen LogP contribution in [0.2, 0.25) is 0 Å². The number of nitrogens with one attached hydrogen (secondary N) is 1. The Balaban J connectivity index is 1.44. The number of anilines is 1. The molecule has 0 bridgehead atoms. The topological polar surface area (TPSA) is 64.6 Å². The Morgan fingerprint density at radius 1 is 0.963 bits per heavy atom. The molecule has 0 aliphatic heterocycles. The standard InChI is InChI=1S/C20H16FNO4S/c21-15-5-9-17(10-6-15)25-11-12-26-20(24)14-3-7-16(8-4-14)22-19(23)18-2-1-13-27-18/h1-10,13H,11-12H2,(H,22,23). The van der Waals surface area contributed by atoms with Gasteiger partial charge >= 0.3 is 5.97 Å². The van der Waals surface area contributed by atoms with Gasteiger partial charge in [-0.15, -0.1) is 11.3 Å². The zero-order valence-corrected chi connectivity index (χ0v) is 15.0. The molecule has 0 atom stereocenters. The zero-order valence-electron chi connectivity index (χ0n) is 14.2. The van der Waals surface area contributed by atoms with Crippen molar-refractivity contribution in [2.24, 2.45) is 0 Å². The van der Waals surface area contributed by atoms with E-state index in [1.165, 1.54) is 35.6 Å². The number of esters is 1. The third kappa shape index (κ3) is 5.39. The minimum absolute atomic E-state index is 0.0626. The molecular formula is C20H16FNO4S. The molecule has 5 nitrogen and oxygen atoms in total. The van der Waals surface area contributed by atoms with Crippen LogP contribution in [0.4, 0.5) is 10.1 Å². The Hall–Kier alpha value is -3.19. The van der Waals surface area contributed by atoms with E-state index in [2.05, 4.69) is 5.32 Å². The van der Waals surface area contributed by atoms with Crippen LogP contribution in [0.1, 0.15) is 20.0 Å². The molecule has 1 amide bonds. The number of halogens is 1. The first-order chi connectivity index (χ1) is 13.1. The van der Waals surface area contributed by atoms with Gasteiger partial charge in [0, 0.05) is 5.69 Å². The summed E-state index contributed by atoms with van der Waals surface area (Å²) in [7, 11) is 0. The fraction of sp³-hybridized carbons (Fsp3) is 0.100. The van der Waals surface area contributed by atoms with Gasteiger partial charge in [-0.3, -0.25) is 4.79 Å². The molecule has 0 saturated carbocycles. The van der Waals surface area contributed by atoms with Crippen molar-refractivity contribution in [3.63, 3.8) is 0 Å². The number of amides is 1. The molecule has 3 aromatic rings. The second kappa shape index (κ2) is 8.95. The first-order valence-corrected chi connectivity index (χ1v) is 9.00. The Morgan fingerprint density at radius 3 is 2.37 bits per heavy atom. The van der Waals surface area contributed by atoms with E-state index in [1.807, 2.05) is 5.38 Å². The molecule has 0 saturated heterocycles. The van der Waals surface area contributed by atoms with E-state index in [0.29, 0.717) is 21.9 Å².